The molecule has 1 N–H and O–H groups in total. The van der Waals surface area contributed by atoms with Gasteiger partial charge in [-0.1, -0.05) is 24.3 Å². The second-order valence-electron chi connectivity index (χ2n) is 6.23. The van der Waals surface area contributed by atoms with Crippen molar-refractivity contribution in [2.24, 2.45) is 0 Å². The molecule has 0 spiro atoms. The van der Waals surface area contributed by atoms with Gasteiger partial charge in [-0.15, -0.1) is 0 Å². The van der Waals surface area contributed by atoms with Gasteiger partial charge in [0.1, 0.15) is 5.75 Å². The highest BCUT2D eigenvalue weighted by Gasteiger charge is 2.18. The number of fused-ring (bicyclic) bond motifs is 1. The number of nitrogens with zero attached hydrogens (tertiary/aromatic N) is 1. The standard InChI is InChI=1S/C20H24N2O2/c1-4-22-11-10-16-8-9-17(12-18(16)22)21-19(23)13-24-20-14(2)6-5-7-15(20)3/h5-9,12H,4,10-11,13H2,1-3H3,(H,21,23). The number of benzene rings is 2. The largest absolute Gasteiger partial charge is 0.483 e. The van der Waals surface area contributed by atoms with Crippen molar-refractivity contribution in [1.29, 1.82) is 0 Å². The molecule has 4 nitrogen and oxygen atoms in total. The summed E-state index contributed by atoms with van der Waals surface area (Å²) in [6.45, 7) is 8.18. The fourth-order valence-electron chi connectivity index (χ4n) is 3.21. The van der Waals surface area contributed by atoms with Gasteiger partial charge in [0.15, 0.2) is 6.61 Å². The lowest BCUT2D eigenvalue weighted by Crippen LogP contribution is -2.21. The van der Waals surface area contributed by atoms with Crippen LogP contribution in [-0.2, 0) is 11.2 Å². The Kier molecular flexibility index (Phi) is 4.74. The first-order valence-electron chi connectivity index (χ1n) is 8.45. The van der Waals surface area contributed by atoms with E-state index in [0.717, 1.165) is 42.1 Å². The number of hydrogen-bond donors (Lipinski definition) is 1. The van der Waals surface area contributed by atoms with Gasteiger partial charge in [-0.3, -0.25) is 4.79 Å². The van der Waals surface area contributed by atoms with Crippen molar-refractivity contribution in [3.63, 3.8) is 0 Å². The van der Waals surface area contributed by atoms with Gasteiger partial charge in [-0.05, 0) is 56.0 Å². The number of para-hydroxylation sites is 1. The van der Waals surface area contributed by atoms with Crippen LogP contribution in [0.15, 0.2) is 36.4 Å². The number of anilines is 2. The third-order valence-electron chi connectivity index (χ3n) is 4.50. The molecule has 1 aliphatic heterocycles. The van der Waals surface area contributed by atoms with Crippen LogP contribution in [0, 0.1) is 13.8 Å². The molecule has 1 heterocycles. The number of nitrogens with one attached hydrogen (secondary N) is 1. The predicted molar refractivity (Wildman–Crippen MR) is 98.1 cm³/mol. The fourth-order valence-corrected chi connectivity index (χ4v) is 3.21. The first-order chi connectivity index (χ1) is 11.6. The highest BCUT2D eigenvalue weighted by atomic mass is 16.5. The first-order valence-corrected chi connectivity index (χ1v) is 8.45. The fraction of sp³-hybridized carbons (Fsp3) is 0.350. The molecule has 0 atom stereocenters. The summed E-state index contributed by atoms with van der Waals surface area (Å²) < 4.78 is 5.71. The van der Waals surface area contributed by atoms with E-state index in [9.17, 15) is 4.79 Å². The number of aryl methyl sites for hydroxylation is 2. The Hall–Kier alpha value is -2.49. The molecule has 1 aliphatic rings. The van der Waals surface area contributed by atoms with Crippen LogP contribution in [0.25, 0.3) is 0 Å². The summed E-state index contributed by atoms with van der Waals surface area (Å²) in [6, 6.07) is 12.1. The summed E-state index contributed by atoms with van der Waals surface area (Å²) >= 11 is 0. The van der Waals surface area contributed by atoms with Gasteiger partial charge in [0.05, 0.1) is 0 Å². The molecule has 24 heavy (non-hydrogen) atoms. The molecule has 2 aromatic carbocycles. The average molecular weight is 324 g/mol. The van der Waals surface area contributed by atoms with Crippen molar-refractivity contribution < 1.29 is 9.53 Å². The molecular weight excluding hydrogens is 300 g/mol. The van der Waals surface area contributed by atoms with Gasteiger partial charge < -0.3 is 15.0 Å². The number of rotatable bonds is 5. The van der Waals surface area contributed by atoms with E-state index in [-0.39, 0.29) is 12.5 Å². The third kappa shape index (κ3) is 3.37. The van der Waals surface area contributed by atoms with Crippen LogP contribution in [0.4, 0.5) is 11.4 Å². The molecule has 0 saturated carbocycles. The molecule has 4 heteroatoms. The van der Waals surface area contributed by atoms with Crippen molar-refractivity contribution in [1.82, 2.24) is 0 Å². The summed E-state index contributed by atoms with van der Waals surface area (Å²) in [4.78, 5) is 14.5. The second kappa shape index (κ2) is 6.95. The Morgan fingerprint density at radius 1 is 1.21 bits per heavy atom. The molecule has 0 unspecified atom stereocenters. The zero-order valence-electron chi connectivity index (χ0n) is 14.6. The molecule has 0 aliphatic carbocycles. The smallest absolute Gasteiger partial charge is 0.262 e. The lowest BCUT2D eigenvalue weighted by atomic mass is 10.1. The highest BCUT2D eigenvalue weighted by molar-refractivity contribution is 5.92. The van der Waals surface area contributed by atoms with E-state index in [1.54, 1.807) is 0 Å². The first kappa shape index (κ1) is 16.4. The summed E-state index contributed by atoms with van der Waals surface area (Å²) in [6.07, 6.45) is 1.08. The average Bonchev–Trinajstić information content (AvgIpc) is 2.96. The summed E-state index contributed by atoms with van der Waals surface area (Å²) in [5.41, 5.74) is 5.48. The highest BCUT2D eigenvalue weighted by Crippen LogP contribution is 2.30. The minimum Gasteiger partial charge on any atom is -0.483 e. The maximum Gasteiger partial charge on any atom is 0.262 e. The van der Waals surface area contributed by atoms with E-state index in [1.165, 1.54) is 11.3 Å². The molecule has 0 aromatic heterocycles. The van der Waals surface area contributed by atoms with E-state index < -0.39 is 0 Å². The third-order valence-corrected chi connectivity index (χ3v) is 4.50. The normalized spacial score (nSPS) is 12.9. The van der Waals surface area contributed by atoms with E-state index >= 15 is 0 Å². The quantitative estimate of drug-likeness (QED) is 0.912. The summed E-state index contributed by atoms with van der Waals surface area (Å²) in [5, 5.41) is 2.93. The molecule has 3 rings (SSSR count). The van der Waals surface area contributed by atoms with Gasteiger partial charge in [0.2, 0.25) is 0 Å². The van der Waals surface area contributed by atoms with Gasteiger partial charge in [0, 0.05) is 24.5 Å². The van der Waals surface area contributed by atoms with Crippen molar-refractivity contribution in [2.75, 3.05) is 29.9 Å². The number of amides is 1. The maximum absolute atomic E-state index is 12.2. The Bertz CT molecular complexity index is 735. The monoisotopic (exact) mass is 324 g/mol. The molecular formula is C20H24N2O2. The van der Waals surface area contributed by atoms with Gasteiger partial charge in [-0.25, -0.2) is 0 Å². The molecule has 0 radical (unpaired) electrons. The molecule has 126 valence electrons. The minimum absolute atomic E-state index is 0.0142. The van der Waals surface area contributed by atoms with Crippen LogP contribution < -0.4 is 15.0 Å². The van der Waals surface area contributed by atoms with Crippen LogP contribution in [0.1, 0.15) is 23.6 Å². The maximum atomic E-state index is 12.2. The summed E-state index contributed by atoms with van der Waals surface area (Å²) in [5.74, 6) is 0.650. The Morgan fingerprint density at radius 2 is 1.96 bits per heavy atom. The van der Waals surface area contributed by atoms with Gasteiger partial charge in [-0.2, -0.15) is 0 Å². The van der Waals surface area contributed by atoms with Crippen molar-refractivity contribution in [3.8, 4) is 5.75 Å². The Labute approximate surface area is 143 Å². The van der Waals surface area contributed by atoms with Crippen molar-refractivity contribution >= 4 is 17.3 Å². The van der Waals surface area contributed by atoms with Crippen LogP contribution in [0.2, 0.25) is 0 Å². The summed E-state index contributed by atoms with van der Waals surface area (Å²) in [7, 11) is 0. The van der Waals surface area contributed by atoms with E-state index in [2.05, 4.69) is 29.3 Å². The zero-order chi connectivity index (χ0) is 17.1. The molecule has 0 saturated heterocycles. The molecule has 0 fully saturated rings. The Balaban J connectivity index is 1.64. The van der Waals surface area contributed by atoms with Crippen LogP contribution in [0.3, 0.4) is 0 Å². The number of carbonyl (C=O) groups is 1. The van der Waals surface area contributed by atoms with Crippen LogP contribution in [0.5, 0.6) is 5.75 Å². The SMILES string of the molecule is CCN1CCc2ccc(NC(=O)COc3c(C)cccc3C)cc21. The molecule has 1 amide bonds. The van der Waals surface area contributed by atoms with E-state index in [4.69, 9.17) is 4.74 Å². The molecule has 0 bridgehead atoms. The van der Waals surface area contributed by atoms with E-state index in [0.29, 0.717) is 0 Å². The van der Waals surface area contributed by atoms with Gasteiger partial charge in [0.25, 0.3) is 5.91 Å². The second-order valence-corrected chi connectivity index (χ2v) is 6.23. The Morgan fingerprint density at radius 3 is 2.67 bits per heavy atom. The lowest BCUT2D eigenvalue weighted by molar-refractivity contribution is -0.118. The number of carbonyl (C=O) groups excluding carboxylic acids is 1. The topological polar surface area (TPSA) is 41.6 Å². The van der Waals surface area contributed by atoms with Crippen molar-refractivity contribution in [3.05, 3.63) is 53.1 Å². The van der Waals surface area contributed by atoms with E-state index in [1.807, 2.05) is 38.1 Å². The predicted octanol–water partition coefficient (Wildman–Crippen LogP) is 3.70. The lowest BCUT2D eigenvalue weighted by Gasteiger charge is -2.17. The minimum atomic E-state index is -0.140. The number of likely N-dealkylation sites (N-methyl/N-ethyl adjacent to an activating group) is 1. The van der Waals surface area contributed by atoms with Gasteiger partial charge >= 0.3 is 0 Å². The van der Waals surface area contributed by atoms with Crippen LogP contribution in [-0.4, -0.2) is 25.6 Å². The van der Waals surface area contributed by atoms with Crippen LogP contribution >= 0.6 is 0 Å². The van der Waals surface area contributed by atoms with Crippen molar-refractivity contribution in [2.45, 2.75) is 27.2 Å². The number of ether oxygens (including phenoxy) is 1. The molecule has 2 aromatic rings. The zero-order valence-corrected chi connectivity index (χ0v) is 14.6. The number of hydrogen-bond acceptors (Lipinski definition) is 3.